The summed E-state index contributed by atoms with van der Waals surface area (Å²) in [7, 11) is 1.74. The van der Waals surface area contributed by atoms with Crippen molar-refractivity contribution in [1.82, 2.24) is 14.5 Å². The molecule has 2 aromatic carbocycles. The highest BCUT2D eigenvalue weighted by atomic mass is 32.1. The topological polar surface area (TPSA) is 67.2 Å². The Hall–Kier alpha value is -4.22. The van der Waals surface area contributed by atoms with E-state index in [-0.39, 0.29) is 13.0 Å². The second kappa shape index (κ2) is 12.3. The Morgan fingerprint density at radius 1 is 1.02 bits per heavy atom. The molecule has 0 unspecified atom stereocenters. The molecule has 0 aliphatic heterocycles. The number of amides is 2. The van der Waals surface area contributed by atoms with E-state index < -0.39 is 17.6 Å². The first kappa shape index (κ1) is 29.3. The smallest absolute Gasteiger partial charge is 0.344 e. The third-order valence-electron chi connectivity index (χ3n) is 6.81. The summed E-state index contributed by atoms with van der Waals surface area (Å²) >= 11 is 3.01. The van der Waals surface area contributed by atoms with Crippen molar-refractivity contribution in [3.05, 3.63) is 106 Å². The SMILES string of the molecule is Cc1c(C(=O)Nc2cccc(C(F)(F)F)c2)cc(-c2ccccc2)n1CCCN(C)C(=O)c1csc(-c2cccs2)n1.[HH]. The van der Waals surface area contributed by atoms with Crippen molar-refractivity contribution in [3.63, 3.8) is 0 Å². The summed E-state index contributed by atoms with van der Waals surface area (Å²) in [6.07, 6.45) is -3.91. The van der Waals surface area contributed by atoms with Crippen LogP contribution in [0, 0.1) is 6.92 Å². The maximum atomic E-state index is 13.2. The molecule has 0 atom stereocenters. The van der Waals surface area contributed by atoms with Gasteiger partial charge in [-0.05, 0) is 54.6 Å². The minimum atomic E-state index is -4.51. The van der Waals surface area contributed by atoms with Gasteiger partial charge in [0.15, 0.2) is 0 Å². The molecule has 0 radical (unpaired) electrons. The molecule has 3 heterocycles. The Morgan fingerprint density at radius 3 is 2.52 bits per heavy atom. The van der Waals surface area contributed by atoms with Crippen LogP contribution in [0.15, 0.2) is 83.6 Å². The molecule has 0 aliphatic carbocycles. The normalized spacial score (nSPS) is 11.5. The first-order valence-electron chi connectivity index (χ1n) is 13.1. The van der Waals surface area contributed by atoms with E-state index in [9.17, 15) is 22.8 Å². The second-order valence-corrected chi connectivity index (χ2v) is 11.5. The molecule has 2 amide bonds. The van der Waals surface area contributed by atoms with Crippen molar-refractivity contribution in [2.24, 2.45) is 0 Å². The molecule has 0 fully saturated rings. The Morgan fingerprint density at radius 2 is 1.81 bits per heavy atom. The number of anilines is 1. The molecular formula is C31H29F3N4O2S2. The lowest BCUT2D eigenvalue weighted by atomic mass is 10.1. The van der Waals surface area contributed by atoms with Crippen molar-refractivity contribution >= 4 is 40.2 Å². The number of hydrogen-bond donors (Lipinski definition) is 1. The Labute approximate surface area is 250 Å². The van der Waals surface area contributed by atoms with Gasteiger partial charge in [0.05, 0.1) is 16.0 Å². The van der Waals surface area contributed by atoms with E-state index in [2.05, 4.69) is 10.3 Å². The van der Waals surface area contributed by atoms with E-state index in [0.717, 1.165) is 33.3 Å². The van der Waals surface area contributed by atoms with Gasteiger partial charge in [0.2, 0.25) is 0 Å². The van der Waals surface area contributed by atoms with Crippen LogP contribution in [0.1, 0.15) is 40.0 Å². The molecular weight excluding hydrogens is 581 g/mol. The van der Waals surface area contributed by atoms with E-state index in [4.69, 9.17) is 0 Å². The van der Waals surface area contributed by atoms with Gasteiger partial charge >= 0.3 is 6.18 Å². The number of rotatable bonds is 9. The van der Waals surface area contributed by atoms with Crippen molar-refractivity contribution < 1.29 is 24.2 Å². The van der Waals surface area contributed by atoms with Gasteiger partial charge in [-0.3, -0.25) is 9.59 Å². The summed E-state index contributed by atoms with van der Waals surface area (Å²) in [5.41, 5.74) is 2.36. The molecule has 11 heteroatoms. The minimum absolute atomic E-state index is 0. The van der Waals surface area contributed by atoms with E-state index in [1.54, 1.807) is 34.7 Å². The summed E-state index contributed by atoms with van der Waals surface area (Å²) in [6, 6.07) is 19.8. The van der Waals surface area contributed by atoms with Gasteiger partial charge in [-0.15, -0.1) is 22.7 Å². The number of carbonyl (C=O) groups excluding carboxylic acids is 2. The predicted octanol–water partition coefficient (Wildman–Crippen LogP) is 8.33. The first-order valence-corrected chi connectivity index (χ1v) is 14.9. The number of carbonyl (C=O) groups is 2. The van der Waals surface area contributed by atoms with Crippen molar-refractivity contribution in [1.29, 1.82) is 0 Å². The van der Waals surface area contributed by atoms with Crippen LogP contribution in [0.4, 0.5) is 18.9 Å². The number of aromatic nitrogens is 2. The van der Waals surface area contributed by atoms with Gasteiger partial charge in [-0.1, -0.05) is 42.5 Å². The number of benzene rings is 2. The third kappa shape index (κ3) is 6.47. The lowest BCUT2D eigenvalue weighted by Crippen LogP contribution is -2.28. The average molecular weight is 611 g/mol. The van der Waals surface area contributed by atoms with Gasteiger partial charge in [-0.2, -0.15) is 13.2 Å². The van der Waals surface area contributed by atoms with Gasteiger partial charge in [0.25, 0.3) is 11.8 Å². The third-order valence-corrected chi connectivity index (χ3v) is 8.69. The maximum absolute atomic E-state index is 13.2. The summed E-state index contributed by atoms with van der Waals surface area (Å²) in [4.78, 5) is 33.4. The van der Waals surface area contributed by atoms with Gasteiger partial charge in [0, 0.05) is 44.0 Å². The fraction of sp³-hybridized carbons (Fsp3) is 0.194. The lowest BCUT2D eigenvalue weighted by molar-refractivity contribution is -0.137. The van der Waals surface area contributed by atoms with Crippen molar-refractivity contribution in [2.45, 2.75) is 26.1 Å². The highest BCUT2D eigenvalue weighted by Gasteiger charge is 2.30. The number of halogens is 3. The quantitative estimate of drug-likeness (QED) is 0.183. The number of hydrogen-bond acceptors (Lipinski definition) is 5. The molecule has 0 spiro atoms. The minimum Gasteiger partial charge on any atom is -0.344 e. The van der Waals surface area contributed by atoms with Crippen LogP contribution in [0.3, 0.4) is 0 Å². The van der Waals surface area contributed by atoms with Crippen LogP contribution in [-0.4, -0.2) is 39.9 Å². The Balaban J connectivity index is 0.00000423. The molecule has 1 N–H and O–H groups in total. The summed E-state index contributed by atoms with van der Waals surface area (Å²) in [5.74, 6) is -0.664. The first-order chi connectivity index (χ1) is 20.1. The zero-order chi connectivity index (χ0) is 29.9. The summed E-state index contributed by atoms with van der Waals surface area (Å²) < 4.78 is 41.5. The standard InChI is InChI=1S/C31H27F3N4O2S2.H2/c1-20-24(28(39)35-23-12-6-11-22(17-23)31(32,33)34)18-26(21-9-4-3-5-10-21)38(20)15-8-14-37(2)30(40)25-19-42-29(36-25)27-13-7-16-41-27;/h3-7,9-13,16-19H,8,14-15H2,1-2H3,(H,35,39);1H. The largest absolute Gasteiger partial charge is 0.416 e. The number of nitrogens with zero attached hydrogens (tertiary/aromatic N) is 3. The molecule has 42 heavy (non-hydrogen) atoms. The summed E-state index contributed by atoms with van der Waals surface area (Å²) in [5, 5.41) is 7.17. The van der Waals surface area contributed by atoms with Crippen LogP contribution in [0.25, 0.3) is 21.1 Å². The molecule has 0 aliphatic rings. The molecule has 5 aromatic rings. The van der Waals surface area contributed by atoms with Crippen LogP contribution in [0.2, 0.25) is 0 Å². The zero-order valence-electron chi connectivity index (χ0n) is 22.8. The predicted molar refractivity (Wildman–Crippen MR) is 163 cm³/mol. The maximum Gasteiger partial charge on any atom is 0.416 e. The number of thiazole rings is 1. The van der Waals surface area contributed by atoms with Gasteiger partial charge < -0.3 is 14.8 Å². The monoisotopic (exact) mass is 610 g/mol. The molecule has 3 aromatic heterocycles. The molecule has 5 rings (SSSR count). The number of nitrogens with one attached hydrogen (secondary N) is 1. The Kier molecular flexibility index (Phi) is 8.60. The number of thiophene rings is 1. The van der Waals surface area contributed by atoms with Crippen LogP contribution in [0.5, 0.6) is 0 Å². The Bertz CT molecular complexity index is 1700. The summed E-state index contributed by atoms with van der Waals surface area (Å²) in [6.45, 7) is 2.79. The molecule has 218 valence electrons. The second-order valence-electron chi connectivity index (χ2n) is 9.67. The van der Waals surface area contributed by atoms with Gasteiger partial charge in [0.1, 0.15) is 10.7 Å². The molecule has 0 saturated heterocycles. The lowest BCUT2D eigenvalue weighted by Gasteiger charge is -2.18. The fourth-order valence-corrected chi connectivity index (χ4v) is 6.24. The van der Waals surface area contributed by atoms with E-state index in [1.165, 1.54) is 23.5 Å². The zero-order valence-corrected chi connectivity index (χ0v) is 24.4. The number of alkyl halides is 3. The van der Waals surface area contributed by atoms with E-state index in [1.807, 2.05) is 59.3 Å². The molecule has 6 nitrogen and oxygen atoms in total. The average Bonchev–Trinajstić information content (AvgIpc) is 3.74. The van der Waals surface area contributed by atoms with Crippen LogP contribution in [-0.2, 0) is 12.7 Å². The molecule has 0 bridgehead atoms. The van der Waals surface area contributed by atoms with Gasteiger partial charge in [-0.25, -0.2) is 4.98 Å². The molecule has 0 saturated carbocycles. The van der Waals surface area contributed by atoms with E-state index >= 15 is 0 Å². The highest BCUT2D eigenvalue weighted by molar-refractivity contribution is 7.20. The van der Waals surface area contributed by atoms with Crippen LogP contribution >= 0.6 is 22.7 Å². The highest BCUT2D eigenvalue weighted by Crippen LogP contribution is 2.32. The van der Waals surface area contributed by atoms with Crippen molar-refractivity contribution in [3.8, 4) is 21.1 Å². The van der Waals surface area contributed by atoms with E-state index in [0.29, 0.717) is 36.5 Å². The van der Waals surface area contributed by atoms with Crippen LogP contribution < -0.4 is 5.32 Å². The fourth-order valence-electron chi connectivity index (χ4n) is 4.63. The van der Waals surface area contributed by atoms with Crippen molar-refractivity contribution in [2.75, 3.05) is 18.9 Å².